The molecule has 0 heterocycles. The van der Waals surface area contributed by atoms with Crippen molar-refractivity contribution < 1.29 is 19.4 Å². The summed E-state index contributed by atoms with van der Waals surface area (Å²) in [6, 6.07) is 6.72. The van der Waals surface area contributed by atoms with Gasteiger partial charge in [-0.05, 0) is 37.5 Å². The Balaban J connectivity index is 2.34. The Bertz CT molecular complexity index is 473. The van der Waals surface area contributed by atoms with E-state index in [1.165, 1.54) is 0 Å². The summed E-state index contributed by atoms with van der Waals surface area (Å²) in [6.45, 7) is 4.85. The quantitative estimate of drug-likeness (QED) is 0.685. The Morgan fingerprint density at radius 2 is 2.14 bits per heavy atom. The van der Waals surface area contributed by atoms with E-state index in [1.54, 1.807) is 25.1 Å². The average molecular weight is 293 g/mol. The molecule has 1 rings (SSSR count). The number of carbonyl (C=O) groups is 2. The summed E-state index contributed by atoms with van der Waals surface area (Å²) >= 11 is 0. The summed E-state index contributed by atoms with van der Waals surface area (Å²) in [5.41, 5.74) is 1.14. The number of hydrogen-bond acceptors (Lipinski definition) is 3. The summed E-state index contributed by atoms with van der Waals surface area (Å²) in [5, 5.41) is 11.7. The molecule has 5 nitrogen and oxygen atoms in total. The van der Waals surface area contributed by atoms with Crippen LogP contribution >= 0.6 is 0 Å². The Morgan fingerprint density at radius 1 is 1.38 bits per heavy atom. The Kier molecular flexibility index (Phi) is 7.46. The number of nitrogens with one attached hydrogen (secondary N) is 1. The van der Waals surface area contributed by atoms with Gasteiger partial charge in [-0.2, -0.15) is 0 Å². The van der Waals surface area contributed by atoms with Gasteiger partial charge in [-0.25, -0.2) is 4.79 Å². The SMILES string of the molecule is CCCCOC(C)C(=O)NCCc1cccc(C(=O)O)c1. The number of rotatable bonds is 9. The molecule has 21 heavy (non-hydrogen) atoms. The van der Waals surface area contributed by atoms with Gasteiger partial charge >= 0.3 is 5.97 Å². The first-order valence-electron chi connectivity index (χ1n) is 7.26. The maximum Gasteiger partial charge on any atom is 0.335 e. The molecule has 1 atom stereocenters. The third-order valence-electron chi connectivity index (χ3n) is 3.12. The van der Waals surface area contributed by atoms with E-state index in [2.05, 4.69) is 12.2 Å². The highest BCUT2D eigenvalue weighted by molar-refractivity contribution is 5.87. The maximum absolute atomic E-state index is 11.8. The number of carbonyl (C=O) groups excluding carboxylic acids is 1. The minimum absolute atomic E-state index is 0.138. The predicted octanol–water partition coefficient (Wildman–Crippen LogP) is 2.25. The Labute approximate surface area is 125 Å². The summed E-state index contributed by atoms with van der Waals surface area (Å²) < 4.78 is 5.41. The number of carboxylic acid groups (broad SMARTS) is 1. The standard InChI is InChI=1S/C16H23NO4/c1-3-4-10-21-12(2)15(18)17-9-8-13-6-5-7-14(11-13)16(19)20/h5-7,11-12H,3-4,8-10H2,1-2H3,(H,17,18)(H,19,20). The molecule has 1 amide bonds. The number of aromatic carboxylic acids is 1. The van der Waals surface area contributed by atoms with Crippen LogP contribution in [0.15, 0.2) is 24.3 Å². The molecule has 0 radical (unpaired) electrons. The lowest BCUT2D eigenvalue weighted by molar-refractivity contribution is -0.131. The van der Waals surface area contributed by atoms with Crippen molar-refractivity contribution in [3.63, 3.8) is 0 Å². The Hall–Kier alpha value is -1.88. The van der Waals surface area contributed by atoms with E-state index in [9.17, 15) is 9.59 Å². The lowest BCUT2D eigenvalue weighted by Gasteiger charge is -2.13. The van der Waals surface area contributed by atoms with Crippen LogP contribution < -0.4 is 5.32 Å². The molecule has 1 aromatic rings. The van der Waals surface area contributed by atoms with E-state index < -0.39 is 12.1 Å². The molecule has 0 aliphatic carbocycles. The second-order valence-electron chi connectivity index (χ2n) is 4.91. The zero-order valence-corrected chi connectivity index (χ0v) is 12.6. The monoisotopic (exact) mass is 293 g/mol. The molecule has 0 bridgehead atoms. The molecule has 0 fully saturated rings. The summed E-state index contributed by atoms with van der Waals surface area (Å²) in [4.78, 5) is 22.6. The van der Waals surface area contributed by atoms with Crippen molar-refractivity contribution >= 4 is 11.9 Å². The number of hydrogen-bond donors (Lipinski definition) is 2. The minimum atomic E-state index is -0.946. The average Bonchev–Trinajstić information content (AvgIpc) is 2.47. The van der Waals surface area contributed by atoms with E-state index in [0.29, 0.717) is 19.6 Å². The first-order valence-corrected chi connectivity index (χ1v) is 7.26. The van der Waals surface area contributed by atoms with Gasteiger partial charge in [-0.3, -0.25) is 4.79 Å². The summed E-state index contributed by atoms with van der Waals surface area (Å²) in [5.74, 6) is -1.08. The van der Waals surface area contributed by atoms with Crippen molar-refractivity contribution in [2.24, 2.45) is 0 Å². The van der Waals surface area contributed by atoms with Crippen molar-refractivity contribution in [1.82, 2.24) is 5.32 Å². The first-order chi connectivity index (χ1) is 10.0. The van der Waals surface area contributed by atoms with E-state index in [1.807, 2.05) is 6.07 Å². The van der Waals surface area contributed by atoms with Crippen LogP contribution in [-0.4, -0.2) is 36.2 Å². The summed E-state index contributed by atoms with van der Waals surface area (Å²) in [6.07, 6.45) is 2.12. The molecule has 0 aliphatic rings. The molecule has 0 aromatic heterocycles. The summed E-state index contributed by atoms with van der Waals surface area (Å²) in [7, 11) is 0. The highest BCUT2D eigenvalue weighted by Crippen LogP contribution is 2.05. The molecule has 116 valence electrons. The normalized spacial score (nSPS) is 11.9. The van der Waals surface area contributed by atoms with Crippen molar-refractivity contribution in [2.45, 2.75) is 39.2 Å². The molecule has 1 unspecified atom stereocenters. The van der Waals surface area contributed by atoms with Crippen LogP contribution in [-0.2, 0) is 16.0 Å². The van der Waals surface area contributed by atoms with Crippen LogP contribution in [0, 0.1) is 0 Å². The van der Waals surface area contributed by atoms with Gasteiger partial charge in [0, 0.05) is 13.2 Å². The van der Waals surface area contributed by atoms with Crippen LogP contribution in [0.5, 0.6) is 0 Å². The number of amides is 1. The van der Waals surface area contributed by atoms with Crippen LogP contribution in [0.2, 0.25) is 0 Å². The molecular weight excluding hydrogens is 270 g/mol. The smallest absolute Gasteiger partial charge is 0.335 e. The second-order valence-corrected chi connectivity index (χ2v) is 4.91. The molecule has 0 spiro atoms. The zero-order valence-electron chi connectivity index (χ0n) is 12.6. The van der Waals surface area contributed by atoms with E-state index in [-0.39, 0.29) is 11.5 Å². The van der Waals surface area contributed by atoms with Gasteiger partial charge in [-0.15, -0.1) is 0 Å². The molecule has 0 saturated heterocycles. The van der Waals surface area contributed by atoms with Crippen molar-refractivity contribution in [3.05, 3.63) is 35.4 Å². The fraction of sp³-hybridized carbons (Fsp3) is 0.500. The van der Waals surface area contributed by atoms with Gasteiger partial charge in [0.1, 0.15) is 6.10 Å². The number of ether oxygens (including phenoxy) is 1. The Morgan fingerprint density at radius 3 is 2.81 bits per heavy atom. The lowest BCUT2D eigenvalue weighted by Crippen LogP contribution is -2.35. The van der Waals surface area contributed by atoms with E-state index in [4.69, 9.17) is 9.84 Å². The van der Waals surface area contributed by atoms with Crippen LogP contribution in [0.1, 0.15) is 42.6 Å². The molecule has 1 aromatic carbocycles. The molecule has 2 N–H and O–H groups in total. The highest BCUT2D eigenvalue weighted by atomic mass is 16.5. The maximum atomic E-state index is 11.8. The molecule has 0 saturated carbocycles. The van der Waals surface area contributed by atoms with Crippen LogP contribution in [0.25, 0.3) is 0 Å². The predicted molar refractivity (Wildman–Crippen MR) is 80.4 cm³/mol. The van der Waals surface area contributed by atoms with Gasteiger partial charge in [-0.1, -0.05) is 25.5 Å². The van der Waals surface area contributed by atoms with Crippen molar-refractivity contribution in [3.8, 4) is 0 Å². The molecule has 0 aliphatic heterocycles. The van der Waals surface area contributed by atoms with Crippen molar-refractivity contribution in [2.75, 3.05) is 13.2 Å². The number of carboxylic acids is 1. The largest absolute Gasteiger partial charge is 0.478 e. The zero-order chi connectivity index (χ0) is 15.7. The van der Waals surface area contributed by atoms with Crippen LogP contribution in [0.3, 0.4) is 0 Å². The van der Waals surface area contributed by atoms with Gasteiger partial charge in [0.2, 0.25) is 5.91 Å². The topological polar surface area (TPSA) is 75.6 Å². The fourth-order valence-corrected chi connectivity index (χ4v) is 1.81. The van der Waals surface area contributed by atoms with E-state index >= 15 is 0 Å². The van der Waals surface area contributed by atoms with Gasteiger partial charge in [0.15, 0.2) is 0 Å². The fourth-order valence-electron chi connectivity index (χ4n) is 1.81. The first kappa shape index (κ1) is 17.2. The van der Waals surface area contributed by atoms with E-state index in [0.717, 1.165) is 18.4 Å². The minimum Gasteiger partial charge on any atom is -0.478 e. The second kappa shape index (κ2) is 9.13. The van der Waals surface area contributed by atoms with Crippen molar-refractivity contribution in [1.29, 1.82) is 0 Å². The van der Waals surface area contributed by atoms with Crippen LogP contribution in [0.4, 0.5) is 0 Å². The third kappa shape index (κ3) is 6.40. The molecule has 5 heteroatoms. The highest BCUT2D eigenvalue weighted by Gasteiger charge is 2.12. The molecular formula is C16H23NO4. The number of unbranched alkanes of at least 4 members (excludes halogenated alkanes) is 1. The van der Waals surface area contributed by atoms with Gasteiger partial charge in [0.25, 0.3) is 0 Å². The van der Waals surface area contributed by atoms with Gasteiger partial charge < -0.3 is 15.2 Å². The number of benzene rings is 1. The third-order valence-corrected chi connectivity index (χ3v) is 3.12. The lowest BCUT2D eigenvalue weighted by atomic mass is 10.1. The van der Waals surface area contributed by atoms with Gasteiger partial charge in [0.05, 0.1) is 5.56 Å².